The van der Waals surface area contributed by atoms with E-state index >= 15 is 0 Å². The molecular formula is C36H61N3O8S. The summed E-state index contributed by atoms with van der Waals surface area (Å²) >= 11 is 1.16. The van der Waals surface area contributed by atoms with Gasteiger partial charge in [-0.15, -0.1) is 0 Å². The van der Waals surface area contributed by atoms with Crippen molar-refractivity contribution >= 4 is 36.0 Å². The minimum absolute atomic E-state index is 0.00852. The van der Waals surface area contributed by atoms with Gasteiger partial charge in [0.05, 0.1) is 0 Å². The van der Waals surface area contributed by atoms with Gasteiger partial charge < -0.3 is 35.3 Å². The predicted octanol–water partition coefficient (Wildman–Crippen LogP) is 8.20. The van der Waals surface area contributed by atoms with Crippen molar-refractivity contribution in [1.82, 2.24) is 16.0 Å². The number of hydrogen-bond acceptors (Lipinski definition) is 8. The van der Waals surface area contributed by atoms with E-state index in [4.69, 9.17) is 14.2 Å². The number of amides is 3. The number of carbonyl (C=O) groups is 4. The minimum Gasteiger partial charge on any atom is -0.480 e. The zero-order valence-corrected chi connectivity index (χ0v) is 30.1. The van der Waals surface area contributed by atoms with Crippen molar-refractivity contribution in [2.75, 3.05) is 31.2 Å². The molecule has 2 atom stereocenters. The molecule has 11 nitrogen and oxygen atoms in total. The summed E-state index contributed by atoms with van der Waals surface area (Å²) in [5.41, 5.74) is 0.774. The third kappa shape index (κ3) is 24.9. The number of benzene rings is 1. The maximum Gasteiger partial charge on any atom is 0.408 e. The molecule has 274 valence electrons. The standard InChI is InChI=1S/C36H61N3O8S/c1-3-5-7-9-11-13-15-20-24-37-34(42)46-27-31(47-35(43)38-25-21-16-14-12-10-8-6-4-2)28-48-29-32(33(40)41)39-36(44)45-26-30-22-18-17-19-23-30/h17-19,22-23,31-32H,3-16,20-21,24-29H2,1-2H3,(H,37,42)(H,38,43)(H,39,44)(H,40,41). The molecule has 0 aliphatic rings. The van der Waals surface area contributed by atoms with Gasteiger partial charge in [0.2, 0.25) is 0 Å². The largest absolute Gasteiger partial charge is 0.480 e. The molecule has 0 aliphatic carbocycles. The van der Waals surface area contributed by atoms with Crippen LogP contribution in [0.3, 0.4) is 0 Å². The van der Waals surface area contributed by atoms with Gasteiger partial charge in [0.15, 0.2) is 0 Å². The first-order valence-electron chi connectivity index (χ1n) is 18.0. The first-order chi connectivity index (χ1) is 23.3. The van der Waals surface area contributed by atoms with Crippen LogP contribution in [0.15, 0.2) is 30.3 Å². The van der Waals surface area contributed by atoms with Crippen LogP contribution in [0.4, 0.5) is 14.4 Å². The van der Waals surface area contributed by atoms with Crippen molar-refractivity contribution in [3.63, 3.8) is 0 Å². The van der Waals surface area contributed by atoms with Crippen molar-refractivity contribution in [2.45, 2.75) is 135 Å². The van der Waals surface area contributed by atoms with Crippen LogP contribution in [0.5, 0.6) is 0 Å². The maximum absolute atomic E-state index is 12.5. The highest BCUT2D eigenvalue weighted by Gasteiger charge is 2.23. The number of carboxylic acid groups (broad SMARTS) is 1. The van der Waals surface area contributed by atoms with E-state index in [0.29, 0.717) is 13.1 Å². The second-order valence-corrected chi connectivity index (χ2v) is 13.1. The van der Waals surface area contributed by atoms with E-state index in [1.807, 2.05) is 18.2 Å². The number of nitrogens with one attached hydrogen (secondary N) is 3. The molecule has 0 fully saturated rings. The average molecular weight is 696 g/mol. The molecule has 48 heavy (non-hydrogen) atoms. The van der Waals surface area contributed by atoms with Crippen LogP contribution < -0.4 is 16.0 Å². The number of thioether (sulfide) groups is 1. The van der Waals surface area contributed by atoms with E-state index < -0.39 is 36.4 Å². The molecule has 0 aromatic heterocycles. The Morgan fingerprint density at radius 1 is 0.667 bits per heavy atom. The van der Waals surface area contributed by atoms with Gasteiger partial charge in [0, 0.05) is 24.6 Å². The maximum atomic E-state index is 12.5. The van der Waals surface area contributed by atoms with E-state index in [9.17, 15) is 24.3 Å². The summed E-state index contributed by atoms with van der Waals surface area (Å²) in [7, 11) is 0. The van der Waals surface area contributed by atoms with Gasteiger partial charge in [-0.05, 0) is 18.4 Å². The van der Waals surface area contributed by atoms with Crippen LogP contribution in [0.2, 0.25) is 0 Å². The average Bonchev–Trinajstić information content (AvgIpc) is 3.08. The lowest BCUT2D eigenvalue weighted by molar-refractivity contribution is -0.138. The van der Waals surface area contributed by atoms with E-state index in [-0.39, 0.29) is 24.7 Å². The van der Waals surface area contributed by atoms with Gasteiger partial charge in [-0.2, -0.15) is 11.8 Å². The van der Waals surface area contributed by atoms with Gasteiger partial charge in [0.25, 0.3) is 0 Å². The monoisotopic (exact) mass is 695 g/mol. The van der Waals surface area contributed by atoms with E-state index in [1.54, 1.807) is 12.1 Å². The SMILES string of the molecule is CCCCCCCCCCNC(=O)OCC(CSCC(NC(=O)OCc1ccccc1)C(=O)O)OC(=O)NCCCCCCCCCC. The number of aliphatic carboxylic acids is 1. The number of rotatable bonds is 29. The van der Waals surface area contributed by atoms with Crippen molar-refractivity contribution in [3.05, 3.63) is 35.9 Å². The van der Waals surface area contributed by atoms with Crippen molar-refractivity contribution < 1.29 is 38.5 Å². The summed E-state index contributed by atoms with van der Waals surface area (Å²) in [6, 6.07) is 7.82. The summed E-state index contributed by atoms with van der Waals surface area (Å²) in [4.78, 5) is 48.9. The first-order valence-corrected chi connectivity index (χ1v) is 19.1. The molecule has 1 rings (SSSR count). The molecule has 2 unspecified atom stereocenters. The number of ether oxygens (including phenoxy) is 3. The van der Waals surface area contributed by atoms with Crippen molar-refractivity contribution in [2.24, 2.45) is 0 Å². The van der Waals surface area contributed by atoms with E-state index in [0.717, 1.165) is 55.9 Å². The second-order valence-electron chi connectivity index (χ2n) is 12.1. The molecule has 0 bridgehead atoms. The Kier molecular flexibility index (Phi) is 26.7. The van der Waals surface area contributed by atoms with Crippen LogP contribution >= 0.6 is 11.8 Å². The van der Waals surface area contributed by atoms with Crippen LogP contribution in [0, 0.1) is 0 Å². The van der Waals surface area contributed by atoms with E-state index in [1.165, 1.54) is 64.2 Å². The van der Waals surface area contributed by atoms with Gasteiger partial charge in [-0.1, -0.05) is 134 Å². The third-order valence-electron chi connectivity index (χ3n) is 7.66. The molecule has 0 heterocycles. The van der Waals surface area contributed by atoms with Gasteiger partial charge >= 0.3 is 24.2 Å². The quantitative estimate of drug-likeness (QED) is 0.0480. The fourth-order valence-corrected chi connectivity index (χ4v) is 5.85. The van der Waals surface area contributed by atoms with Crippen LogP contribution in [-0.4, -0.2) is 72.7 Å². The minimum atomic E-state index is -1.23. The van der Waals surface area contributed by atoms with E-state index in [2.05, 4.69) is 29.8 Å². The van der Waals surface area contributed by atoms with Crippen molar-refractivity contribution in [1.29, 1.82) is 0 Å². The highest BCUT2D eigenvalue weighted by atomic mass is 32.2. The number of carbonyl (C=O) groups excluding carboxylic acids is 3. The Morgan fingerprint density at radius 2 is 1.19 bits per heavy atom. The summed E-state index contributed by atoms with van der Waals surface area (Å²) < 4.78 is 16.0. The van der Waals surface area contributed by atoms with Crippen LogP contribution in [-0.2, 0) is 25.6 Å². The molecule has 0 aliphatic heterocycles. The Balaban J connectivity index is 2.49. The molecule has 0 saturated carbocycles. The number of hydrogen-bond donors (Lipinski definition) is 4. The highest BCUT2D eigenvalue weighted by molar-refractivity contribution is 7.99. The lowest BCUT2D eigenvalue weighted by atomic mass is 10.1. The van der Waals surface area contributed by atoms with Crippen LogP contribution in [0.1, 0.15) is 122 Å². The van der Waals surface area contributed by atoms with Gasteiger partial charge in [0.1, 0.15) is 25.4 Å². The molecule has 1 aromatic rings. The number of unbranched alkanes of at least 4 members (excludes halogenated alkanes) is 14. The number of alkyl carbamates (subject to hydrolysis) is 3. The second kappa shape index (κ2) is 29.9. The zero-order valence-electron chi connectivity index (χ0n) is 29.3. The lowest BCUT2D eigenvalue weighted by Crippen LogP contribution is -2.43. The summed E-state index contributed by atoms with van der Waals surface area (Å²) in [5.74, 6) is -1.09. The fraction of sp³-hybridized carbons (Fsp3) is 0.722. The normalized spacial score (nSPS) is 12.0. The predicted molar refractivity (Wildman–Crippen MR) is 191 cm³/mol. The molecule has 0 saturated heterocycles. The molecule has 3 amide bonds. The highest BCUT2D eigenvalue weighted by Crippen LogP contribution is 2.12. The fourth-order valence-electron chi connectivity index (χ4n) is 4.83. The smallest absolute Gasteiger partial charge is 0.408 e. The van der Waals surface area contributed by atoms with Gasteiger partial charge in [-0.25, -0.2) is 19.2 Å². The molecule has 0 radical (unpaired) electrons. The summed E-state index contributed by atoms with van der Waals surface area (Å²) in [5, 5.41) is 17.5. The topological polar surface area (TPSA) is 152 Å². The van der Waals surface area contributed by atoms with Gasteiger partial charge in [-0.3, -0.25) is 0 Å². The zero-order chi connectivity index (χ0) is 35.1. The summed E-state index contributed by atoms with van der Waals surface area (Å²) in [6.07, 6.45) is 15.5. The Morgan fingerprint density at radius 3 is 1.73 bits per heavy atom. The molecule has 1 aromatic carbocycles. The Labute approximate surface area is 292 Å². The number of carboxylic acids is 1. The molecule has 0 spiro atoms. The van der Waals surface area contributed by atoms with Crippen molar-refractivity contribution in [3.8, 4) is 0 Å². The van der Waals surface area contributed by atoms with Crippen LogP contribution in [0.25, 0.3) is 0 Å². The lowest BCUT2D eigenvalue weighted by Gasteiger charge is -2.20. The summed E-state index contributed by atoms with van der Waals surface area (Å²) in [6.45, 7) is 5.20. The Bertz CT molecular complexity index is 985. The third-order valence-corrected chi connectivity index (χ3v) is 8.84. The Hall–Kier alpha value is -3.15. The molecule has 12 heteroatoms. The molecule has 4 N–H and O–H groups in total. The first kappa shape index (κ1) is 42.9. The molecular weight excluding hydrogens is 634 g/mol.